The molecule has 0 aliphatic carbocycles. The molecule has 1 heterocycles. The van der Waals surface area contributed by atoms with Gasteiger partial charge in [-0.05, 0) is 18.6 Å². The second-order valence-corrected chi connectivity index (χ2v) is 3.84. The number of hydrogen-bond donors (Lipinski definition) is 2. The van der Waals surface area contributed by atoms with E-state index in [1.165, 1.54) is 5.56 Å². The molecule has 1 amide bonds. The maximum absolute atomic E-state index is 11.1. The van der Waals surface area contributed by atoms with Gasteiger partial charge in [0.15, 0.2) is 0 Å². The fourth-order valence-electron chi connectivity index (χ4n) is 1.41. The van der Waals surface area contributed by atoms with Gasteiger partial charge in [-0.1, -0.05) is 0 Å². The van der Waals surface area contributed by atoms with Crippen molar-refractivity contribution < 1.29 is 4.79 Å². The lowest BCUT2D eigenvalue weighted by molar-refractivity contribution is -0.121. The van der Waals surface area contributed by atoms with E-state index in [1.807, 2.05) is 24.7 Å². The van der Waals surface area contributed by atoms with Crippen LogP contribution in [0.2, 0.25) is 0 Å². The minimum Gasteiger partial charge on any atom is -0.359 e. The van der Waals surface area contributed by atoms with Crippen molar-refractivity contribution in [3.05, 3.63) is 24.0 Å². The van der Waals surface area contributed by atoms with Gasteiger partial charge in [-0.25, -0.2) is 0 Å². The summed E-state index contributed by atoms with van der Waals surface area (Å²) in [7, 11) is 3.66. The Morgan fingerprint density at radius 1 is 1.60 bits per heavy atom. The molecule has 15 heavy (non-hydrogen) atoms. The van der Waals surface area contributed by atoms with Gasteiger partial charge in [-0.15, -0.1) is 0 Å². The van der Waals surface area contributed by atoms with Crippen molar-refractivity contribution in [3.63, 3.8) is 0 Å². The van der Waals surface area contributed by atoms with Gasteiger partial charge in [0.1, 0.15) is 0 Å². The van der Waals surface area contributed by atoms with Crippen molar-refractivity contribution in [2.24, 2.45) is 7.05 Å². The number of rotatable bonds is 5. The molecule has 1 atom stereocenters. The average Bonchev–Trinajstić information content (AvgIpc) is 2.61. The standard InChI is InChI=1S/C11H19N3O/c1-9(6-11(15)12-2)13-7-10-4-5-14(3)8-10/h4-5,8-9,13H,6-7H2,1-3H3,(H,12,15). The quantitative estimate of drug-likeness (QED) is 0.747. The monoisotopic (exact) mass is 209 g/mol. The van der Waals surface area contributed by atoms with Crippen LogP contribution in [-0.2, 0) is 18.4 Å². The molecule has 0 aliphatic rings. The second kappa shape index (κ2) is 5.56. The van der Waals surface area contributed by atoms with Crippen LogP contribution in [0.3, 0.4) is 0 Å². The SMILES string of the molecule is CNC(=O)CC(C)NCc1ccn(C)c1. The molecule has 0 aliphatic heterocycles. The number of carbonyl (C=O) groups is 1. The molecule has 0 saturated carbocycles. The topological polar surface area (TPSA) is 46.1 Å². The van der Waals surface area contributed by atoms with Crippen LogP contribution in [0.5, 0.6) is 0 Å². The molecule has 0 aromatic carbocycles. The zero-order valence-corrected chi connectivity index (χ0v) is 9.58. The highest BCUT2D eigenvalue weighted by atomic mass is 16.1. The van der Waals surface area contributed by atoms with E-state index in [0.717, 1.165) is 6.54 Å². The van der Waals surface area contributed by atoms with Crippen LogP contribution in [0.1, 0.15) is 18.9 Å². The van der Waals surface area contributed by atoms with Gasteiger partial charge in [-0.2, -0.15) is 0 Å². The van der Waals surface area contributed by atoms with Crippen LogP contribution in [0, 0.1) is 0 Å². The van der Waals surface area contributed by atoms with Crippen molar-refractivity contribution in [2.75, 3.05) is 7.05 Å². The van der Waals surface area contributed by atoms with Crippen LogP contribution in [0.15, 0.2) is 18.5 Å². The molecule has 0 spiro atoms. The molecule has 1 aromatic heterocycles. The summed E-state index contributed by atoms with van der Waals surface area (Å²) < 4.78 is 2.01. The minimum atomic E-state index is 0.0723. The van der Waals surface area contributed by atoms with Crippen molar-refractivity contribution in [3.8, 4) is 0 Å². The summed E-state index contributed by atoms with van der Waals surface area (Å²) in [6.45, 7) is 2.82. The first-order valence-corrected chi connectivity index (χ1v) is 5.16. The number of aryl methyl sites for hydroxylation is 1. The average molecular weight is 209 g/mol. The third-order valence-corrected chi connectivity index (χ3v) is 2.32. The molecule has 1 aromatic rings. The Kier molecular flexibility index (Phi) is 4.37. The third kappa shape index (κ3) is 4.16. The van der Waals surface area contributed by atoms with Gasteiger partial charge in [0, 0.05) is 45.5 Å². The Balaban J connectivity index is 2.28. The third-order valence-electron chi connectivity index (χ3n) is 2.32. The van der Waals surface area contributed by atoms with E-state index < -0.39 is 0 Å². The van der Waals surface area contributed by atoms with E-state index in [1.54, 1.807) is 7.05 Å². The van der Waals surface area contributed by atoms with Crippen molar-refractivity contribution in [1.29, 1.82) is 0 Å². The number of hydrogen-bond acceptors (Lipinski definition) is 2. The van der Waals surface area contributed by atoms with E-state index in [0.29, 0.717) is 6.42 Å². The first kappa shape index (κ1) is 11.8. The molecule has 4 heteroatoms. The van der Waals surface area contributed by atoms with E-state index in [9.17, 15) is 4.79 Å². The number of carbonyl (C=O) groups excluding carboxylic acids is 1. The lowest BCUT2D eigenvalue weighted by Crippen LogP contribution is -2.31. The smallest absolute Gasteiger partial charge is 0.221 e. The lowest BCUT2D eigenvalue weighted by atomic mass is 10.2. The van der Waals surface area contributed by atoms with Crippen LogP contribution in [0.25, 0.3) is 0 Å². The van der Waals surface area contributed by atoms with Gasteiger partial charge in [0.05, 0.1) is 0 Å². The number of amides is 1. The van der Waals surface area contributed by atoms with E-state index in [2.05, 4.69) is 22.9 Å². The largest absolute Gasteiger partial charge is 0.359 e. The van der Waals surface area contributed by atoms with E-state index in [-0.39, 0.29) is 11.9 Å². The molecule has 84 valence electrons. The predicted molar refractivity (Wildman–Crippen MR) is 60.4 cm³/mol. The Labute approximate surface area is 90.7 Å². The maximum Gasteiger partial charge on any atom is 0.221 e. The van der Waals surface area contributed by atoms with Gasteiger partial charge < -0.3 is 15.2 Å². The Morgan fingerprint density at radius 2 is 2.33 bits per heavy atom. The molecule has 2 N–H and O–H groups in total. The summed E-state index contributed by atoms with van der Waals surface area (Å²) in [6.07, 6.45) is 4.60. The molecular weight excluding hydrogens is 190 g/mol. The summed E-state index contributed by atoms with van der Waals surface area (Å²) in [5.41, 5.74) is 1.24. The molecular formula is C11H19N3O. The van der Waals surface area contributed by atoms with Crippen LogP contribution in [0.4, 0.5) is 0 Å². The van der Waals surface area contributed by atoms with Gasteiger partial charge in [0.2, 0.25) is 5.91 Å². The zero-order chi connectivity index (χ0) is 11.3. The molecule has 1 unspecified atom stereocenters. The van der Waals surface area contributed by atoms with Crippen LogP contribution in [-0.4, -0.2) is 23.6 Å². The van der Waals surface area contributed by atoms with Crippen LogP contribution >= 0.6 is 0 Å². The van der Waals surface area contributed by atoms with Crippen LogP contribution < -0.4 is 10.6 Å². The highest BCUT2D eigenvalue weighted by molar-refractivity contribution is 5.76. The highest BCUT2D eigenvalue weighted by Gasteiger charge is 2.06. The highest BCUT2D eigenvalue weighted by Crippen LogP contribution is 2.00. The summed E-state index contributed by atoms with van der Waals surface area (Å²) in [4.78, 5) is 11.1. The fraction of sp³-hybridized carbons (Fsp3) is 0.545. The number of aromatic nitrogens is 1. The van der Waals surface area contributed by atoms with Crippen molar-refractivity contribution in [2.45, 2.75) is 25.9 Å². The zero-order valence-electron chi connectivity index (χ0n) is 9.58. The first-order chi connectivity index (χ1) is 7.11. The van der Waals surface area contributed by atoms with Crippen molar-refractivity contribution >= 4 is 5.91 Å². The van der Waals surface area contributed by atoms with Gasteiger partial charge in [-0.3, -0.25) is 4.79 Å². The van der Waals surface area contributed by atoms with Gasteiger partial charge in [0.25, 0.3) is 0 Å². The molecule has 0 saturated heterocycles. The second-order valence-electron chi connectivity index (χ2n) is 3.84. The summed E-state index contributed by atoms with van der Waals surface area (Å²) in [5.74, 6) is 0.0723. The first-order valence-electron chi connectivity index (χ1n) is 5.16. The minimum absolute atomic E-state index is 0.0723. The molecule has 1 rings (SSSR count). The normalized spacial score (nSPS) is 12.5. The summed E-state index contributed by atoms with van der Waals surface area (Å²) >= 11 is 0. The Morgan fingerprint density at radius 3 is 2.87 bits per heavy atom. The van der Waals surface area contributed by atoms with Crippen molar-refractivity contribution in [1.82, 2.24) is 15.2 Å². The number of nitrogens with one attached hydrogen (secondary N) is 2. The summed E-state index contributed by atoms with van der Waals surface area (Å²) in [5, 5.41) is 5.92. The maximum atomic E-state index is 11.1. The van der Waals surface area contributed by atoms with E-state index >= 15 is 0 Å². The Hall–Kier alpha value is -1.29. The predicted octanol–water partition coefficient (Wildman–Crippen LogP) is 0.639. The lowest BCUT2D eigenvalue weighted by Gasteiger charge is -2.11. The molecule has 0 radical (unpaired) electrons. The summed E-state index contributed by atoms with van der Waals surface area (Å²) in [6, 6.07) is 2.27. The van der Waals surface area contributed by atoms with Gasteiger partial charge >= 0.3 is 0 Å². The van der Waals surface area contributed by atoms with E-state index in [4.69, 9.17) is 0 Å². The Bertz CT molecular complexity index is 319. The molecule has 4 nitrogen and oxygen atoms in total. The molecule has 0 fully saturated rings. The molecule has 0 bridgehead atoms. The fourth-order valence-corrected chi connectivity index (χ4v) is 1.41. The number of nitrogens with zero attached hydrogens (tertiary/aromatic N) is 1.